The molecule has 0 aromatic carbocycles. The minimum atomic E-state index is -0.868. The molecule has 5 nitrogen and oxygen atoms in total. The molecule has 0 aromatic heterocycles. The molecular weight excluding hydrogens is 174 g/mol. The van der Waals surface area contributed by atoms with E-state index in [4.69, 9.17) is 14.6 Å². The SMILES string of the molecule is COCC(CNC(C)C(=O)O)OC. The number of carboxylic acid groups (broad SMARTS) is 1. The highest BCUT2D eigenvalue weighted by atomic mass is 16.5. The molecule has 0 rings (SSSR count). The van der Waals surface area contributed by atoms with E-state index in [1.54, 1.807) is 21.1 Å². The van der Waals surface area contributed by atoms with E-state index in [-0.39, 0.29) is 6.10 Å². The van der Waals surface area contributed by atoms with Crippen LogP contribution in [0.25, 0.3) is 0 Å². The number of carbonyl (C=O) groups is 1. The molecule has 0 spiro atoms. The quantitative estimate of drug-likeness (QED) is 0.579. The number of methoxy groups -OCH3 is 2. The predicted octanol–water partition coefficient (Wildman–Crippen LogP) is -0.289. The monoisotopic (exact) mass is 191 g/mol. The van der Waals surface area contributed by atoms with Crippen LogP contribution in [0.15, 0.2) is 0 Å². The van der Waals surface area contributed by atoms with Crippen LogP contribution in [0.1, 0.15) is 6.92 Å². The van der Waals surface area contributed by atoms with Gasteiger partial charge in [0.1, 0.15) is 6.04 Å². The van der Waals surface area contributed by atoms with Gasteiger partial charge in [0.05, 0.1) is 12.7 Å². The molecule has 2 N–H and O–H groups in total. The Morgan fingerprint density at radius 3 is 2.54 bits per heavy atom. The molecule has 0 aliphatic rings. The smallest absolute Gasteiger partial charge is 0.320 e. The molecule has 2 atom stereocenters. The van der Waals surface area contributed by atoms with E-state index in [1.165, 1.54) is 0 Å². The summed E-state index contributed by atoms with van der Waals surface area (Å²) in [7, 11) is 3.14. The van der Waals surface area contributed by atoms with Crippen LogP contribution in [-0.4, -0.2) is 50.6 Å². The Morgan fingerprint density at radius 2 is 2.15 bits per heavy atom. The first-order valence-corrected chi connectivity index (χ1v) is 4.09. The Labute approximate surface area is 78.0 Å². The molecule has 0 aromatic rings. The highest BCUT2D eigenvalue weighted by Gasteiger charge is 2.13. The molecular formula is C8H17NO4. The summed E-state index contributed by atoms with van der Waals surface area (Å²) in [6.07, 6.45) is -0.105. The van der Waals surface area contributed by atoms with Crippen molar-refractivity contribution in [3.63, 3.8) is 0 Å². The summed E-state index contributed by atoms with van der Waals surface area (Å²) in [5, 5.41) is 11.4. The first kappa shape index (κ1) is 12.3. The summed E-state index contributed by atoms with van der Waals surface area (Å²) in [4.78, 5) is 10.4. The van der Waals surface area contributed by atoms with Crippen LogP contribution in [0.4, 0.5) is 0 Å². The van der Waals surface area contributed by atoms with Crippen molar-refractivity contribution in [2.45, 2.75) is 19.1 Å². The zero-order chi connectivity index (χ0) is 10.3. The number of hydrogen-bond acceptors (Lipinski definition) is 4. The van der Waals surface area contributed by atoms with Crippen LogP contribution in [-0.2, 0) is 14.3 Å². The van der Waals surface area contributed by atoms with Crippen molar-refractivity contribution in [3.8, 4) is 0 Å². The summed E-state index contributed by atoms with van der Waals surface area (Å²) in [6, 6.07) is -0.561. The Hall–Kier alpha value is -0.650. The molecule has 0 heterocycles. The third-order valence-corrected chi connectivity index (χ3v) is 1.71. The Bertz CT molecular complexity index is 151. The molecule has 78 valence electrons. The lowest BCUT2D eigenvalue weighted by Crippen LogP contribution is -2.40. The number of nitrogens with one attached hydrogen (secondary N) is 1. The first-order chi connectivity index (χ1) is 6.11. The maximum absolute atomic E-state index is 10.4. The zero-order valence-electron chi connectivity index (χ0n) is 8.24. The minimum absolute atomic E-state index is 0.105. The van der Waals surface area contributed by atoms with E-state index in [1.807, 2.05) is 0 Å². The number of rotatable bonds is 7. The zero-order valence-corrected chi connectivity index (χ0v) is 8.24. The summed E-state index contributed by atoms with van der Waals surface area (Å²) >= 11 is 0. The molecule has 0 fully saturated rings. The first-order valence-electron chi connectivity index (χ1n) is 4.09. The van der Waals surface area contributed by atoms with Gasteiger partial charge in [-0.2, -0.15) is 0 Å². The second-order valence-corrected chi connectivity index (χ2v) is 2.78. The topological polar surface area (TPSA) is 67.8 Å². The lowest BCUT2D eigenvalue weighted by molar-refractivity contribution is -0.139. The third kappa shape index (κ3) is 5.57. The van der Waals surface area contributed by atoms with Crippen molar-refractivity contribution in [2.75, 3.05) is 27.4 Å². The number of hydrogen-bond donors (Lipinski definition) is 2. The minimum Gasteiger partial charge on any atom is -0.480 e. The fourth-order valence-corrected chi connectivity index (χ4v) is 0.792. The van der Waals surface area contributed by atoms with Crippen LogP contribution in [0.3, 0.4) is 0 Å². The van der Waals surface area contributed by atoms with Gasteiger partial charge in [0.25, 0.3) is 0 Å². The molecule has 0 saturated carbocycles. The second-order valence-electron chi connectivity index (χ2n) is 2.78. The average Bonchev–Trinajstić information content (AvgIpc) is 2.11. The van der Waals surface area contributed by atoms with Gasteiger partial charge in [-0.1, -0.05) is 0 Å². The van der Waals surface area contributed by atoms with E-state index in [0.29, 0.717) is 13.2 Å². The van der Waals surface area contributed by atoms with Gasteiger partial charge in [-0.05, 0) is 6.92 Å². The predicted molar refractivity (Wildman–Crippen MR) is 47.8 cm³/mol. The van der Waals surface area contributed by atoms with E-state index in [9.17, 15) is 4.79 Å². The number of ether oxygens (including phenoxy) is 2. The van der Waals surface area contributed by atoms with Gasteiger partial charge >= 0.3 is 5.97 Å². The van der Waals surface area contributed by atoms with Crippen molar-refractivity contribution in [3.05, 3.63) is 0 Å². The van der Waals surface area contributed by atoms with Gasteiger partial charge in [-0.15, -0.1) is 0 Å². The van der Waals surface area contributed by atoms with Gasteiger partial charge in [0.2, 0.25) is 0 Å². The van der Waals surface area contributed by atoms with Crippen LogP contribution < -0.4 is 5.32 Å². The van der Waals surface area contributed by atoms with Crippen molar-refractivity contribution < 1.29 is 19.4 Å². The van der Waals surface area contributed by atoms with Crippen molar-refractivity contribution in [1.29, 1.82) is 0 Å². The van der Waals surface area contributed by atoms with Gasteiger partial charge < -0.3 is 19.9 Å². The molecule has 0 radical (unpaired) electrons. The summed E-state index contributed by atoms with van der Waals surface area (Å²) in [6.45, 7) is 2.51. The van der Waals surface area contributed by atoms with Crippen LogP contribution in [0.2, 0.25) is 0 Å². The largest absolute Gasteiger partial charge is 0.480 e. The maximum atomic E-state index is 10.4. The van der Waals surface area contributed by atoms with Gasteiger partial charge in [0.15, 0.2) is 0 Å². The fraction of sp³-hybridized carbons (Fsp3) is 0.875. The fourth-order valence-electron chi connectivity index (χ4n) is 0.792. The molecule has 0 aliphatic carbocycles. The van der Waals surface area contributed by atoms with Gasteiger partial charge in [-0.3, -0.25) is 4.79 Å². The lowest BCUT2D eigenvalue weighted by Gasteiger charge is -2.16. The lowest BCUT2D eigenvalue weighted by atomic mass is 10.3. The molecule has 0 aliphatic heterocycles. The van der Waals surface area contributed by atoms with Crippen LogP contribution in [0.5, 0.6) is 0 Å². The normalized spacial score (nSPS) is 15.3. The van der Waals surface area contributed by atoms with Crippen LogP contribution >= 0.6 is 0 Å². The summed E-state index contributed by atoms with van der Waals surface area (Å²) in [5.41, 5.74) is 0. The number of carboxylic acids is 1. The third-order valence-electron chi connectivity index (χ3n) is 1.71. The molecule has 0 bridgehead atoms. The van der Waals surface area contributed by atoms with Crippen molar-refractivity contribution in [2.24, 2.45) is 0 Å². The van der Waals surface area contributed by atoms with E-state index >= 15 is 0 Å². The van der Waals surface area contributed by atoms with E-state index in [0.717, 1.165) is 0 Å². The van der Waals surface area contributed by atoms with Gasteiger partial charge in [-0.25, -0.2) is 0 Å². The Kier molecular flexibility index (Phi) is 6.48. The van der Waals surface area contributed by atoms with Gasteiger partial charge in [0, 0.05) is 20.8 Å². The molecule has 5 heteroatoms. The molecule has 2 unspecified atom stereocenters. The highest BCUT2D eigenvalue weighted by molar-refractivity contribution is 5.72. The Morgan fingerprint density at radius 1 is 1.54 bits per heavy atom. The van der Waals surface area contributed by atoms with E-state index < -0.39 is 12.0 Å². The number of aliphatic carboxylic acids is 1. The molecule has 0 saturated heterocycles. The summed E-state index contributed by atoms with van der Waals surface area (Å²) < 4.78 is 9.92. The molecule has 0 amide bonds. The van der Waals surface area contributed by atoms with E-state index in [2.05, 4.69) is 5.32 Å². The average molecular weight is 191 g/mol. The summed E-state index contributed by atoms with van der Waals surface area (Å²) in [5.74, 6) is -0.868. The Balaban J connectivity index is 3.64. The van der Waals surface area contributed by atoms with Crippen LogP contribution in [0, 0.1) is 0 Å². The second kappa shape index (κ2) is 6.82. The van der Waals surface area contributed by atoms with Crippen molar-refractivity contribution >= 4 is 5.97 Å². The highest BCUT2D eigenvalue weighted by Crippen LogP contribution is 1.90. The maximum Gasteiger partial charge on any atom is 0.320 e. The van der Waals surface area contributed by atoms with Crippen molar-refractivity contribution in [1.82, 2.24) is 5.32 Å². The standard InChI is InChI=1S/C8H17NO4/c1-6(8(10)11)9-4-7(13-3)5-12-2/h6-7,9H,4-5H2,1-3H3,(H,10,11). The molecule has 13 heavy (non-hydrogen) atoms.